The van der Waals surface area contributed by atoms with Crippen molar-refractivity contribution in [1.29, 1.82) is 0 Å². The molecule has 1 saturated carbocycles. The molecule has 2 heterocycles. The van der Waals surface area contributed by atoms with Crippen LogP contribution in [-0.2, 0) is 11.3 Å². The fourth-order valence-electron chi connectivity index (χ4n) is 3.34. The minimum absolute atomic E-state index is 0.189. The van der Waals surface area contributed by atoms with Gasteiger partial charge in [0.05, 0.1) is 22.3 Å². The smallest absolute Gasteiger partial charge is 0.481 e. The third kappa shape index (κ3) is 5.28. The Balaban J connectivity index is 1.42. The fourth-order valence-corrected chi connectivity index (χ4v) is 3.59. The molecule has 3 aromatic rings. The quantitative estimate of drug-likeness (QED) is 0.481. The molecule has 0 radical (unpaired) electrons. The Morgan fingerprint density at radius 2 is 2.03 bits per heavy atom. The molecular weight excluding hydrogens is 447 g/mol. The zero-order valence-electron chi connectivity index (χ0n) is 16.4. The molecule has 0 aliphatic heterocycles. The first-order chi connectivity index (χ1) is 15.2. The number of alkyl halides is 3. The summed E-state index contributed by atoms with van der Waals surface area (Å²) in [6.07, 6.45) is -2.62. The van der Waals surface area contributed by atoms with Gasteiger partial charge in [-0.25, -0.2) is 4.98 Å². The predicted octanol–water partition coefficient (Wildman–Crippen LogP) is 5.50. The number of hydrogen-bond acceptors (Lipinski definition) is 5. The van der Waals surface area contributed by atoms with Gasteiger partial charge in [0.25, 0.3) is 0 Å². The van der Waals surface area contributed by atoms with E-state index < -0.39 is 18.2 Å². The van der Waals surface area contributed by atoms with E-state index in [0.717, 1.165) is 5.56 Å². The van der Waals surface area contributed by atoms with Crippen molar-refractivity contribution in [3.8, 4) is 17.0 Å². The number of rotatable bonds is 7. The van der Waals surface area contributed by atoms with Crippen molar-refractivity contribution in [2.75, 3.05) is 5.32 Å². The molecule has 6 nitrogen and oxygen atoms in total. The van der Waals surface area contributed by atoms with Crippen LogP contribution in [0.3, 0.4) is 0 Å². The maximum absolute atomic E-state index is 12.4. The van der Waals surface area contributed by atoms with Crippen LogP contribution in [-0.4, -0.2) is 27.4 Å². The molecule has 166 valence electrons. The van der Waals surface area contributed by atoms with Gasteiger partial charge in [-0.15, -0.1) is 13.2 Å². The first kappa shape index (κ1) is 21.9. The number of pyridine rings is 2. The Morgan fingerprint density at radius 3 is 2.69 bits per heavy atom. The molecule has 10 heteroatoms. The summed E-state index contributed by atoms with van der Waals surface area (Å²) in [5, 5.41) is 12.6. The molecule has 0 bridgehead atoms. The van der Waals surface area contributed by atoms with E-state index in [1.54, 1.807) is 36.5 Å². The number of ether oxygens (including phenoxy) is 1. The Labute approximate surface area is 186 Å². The Bertz CT molecular complexity index is 1140. The predicted molar refractivity (Wildman–Crippen MR) is 111 cm³/mol. The van der Waals surface area contributed by atoms with E-state index in [1.165, 1.54) is 18.2 Å². The number of aliphatic carboxylic acids is 1. The third-order valence-electron chi connectivity index (χ3n) is 5.00. The molecular formula is C22H17ClF3N3O3. The lowest BCUT2D eigenvalue weighted by atomic mass is 10.1. The topological polar surface area (TPSA) is 84.3 Å². The minimum atomic E-state index is -4.74. The molecule has 0 unspecified atom stereocenters. The van der Waals surface area contributed by atoms with Crippen LogP contribution in [0.1, 0.15) is 23.6 Å². The van der Waals surface area contributed by atoms with Crippen LogP contribution in [0.2, 0.25) is 5.02 Å². The number of carbonyl (C=O) groups is 1. The van der Waals surface area contributed by atoms with E-state index in [2.05, 4.69) is 20.0 Å². The second kappa shape index (κ2) is 8.66. The van der Waals surface area contributed by atoms with Gasteiger partial charge in [0.15, 0.2) is 0 Å². The van der Waals surface area contributed by atoms with E-state index in [9.17, 15) is 18.0 Å². The van der Waals surface area contributed by atoms with Gasteiger partial charge in [0, 0.05) is 24.2 Å². The van der Waals surface area contributed by atoms with Crippen LogP contribution in [0.5, 0.6) is 5.75 Å². The molecule has 2 aromatic heterocycles. The zero-order chi connectivity index (χ0) is 22.9. The summed E-state index contributed by atoms with van der Waals surface area (Å²) in [5.74, 6) is -1.26. The first-order valence-electron chi connectivity index (χ1n) is 9.64. The van der Waals surface area contributed by atoms with Crippen LogP contribution in [0.4, 0.5) is 19.0 Å². The maximum Gasteiger partial charge on any atom is 0.573 e. The van der Waals surface area contributed by atoms with E-state index in [-0.39, 0.29) is 18.2 Å². The number of nitrogens with one attached hydrogen (secondary N) is 1. The fraction of sp³-hybridized carbons (Fsp3) is 0.227. The van der Waals surface area contributed by atoms with Gasteiger partial charge < -0.3 is 15.2 Å². The van der Waals surface area contributed by atoms with Crippen molar-refractivity contribution in [3.63, 3.8) is 0 Å². The lowest BCUT2D eigenvalue weighted by molar-refractivity contribution is -0.274. The second-order valence-electron chi connectivity index (χ2n) is 7.33. The van der Waals surface area contributed by atoms with Crippen molar-refractivity contribution in [3.05, 3.63) is 71.0 Å². The van der Waals surface area contributed by atoms with Crippen LogP contribution >= 0.6 is 11.6 Å². The zero-order valence-corrected chi connectivity index (χ0v) is 17.2. The first-order valence-corrected chi connectivity index (χ1v) is 10.0. The molecule has 1 aliphatic carbocycles. The molecule has 4 rings (SSSR count). The monoisotopic (exact) mass is 463 g/mol. The van der Waals surface area contributed by atoms with Gasteiger partial charge >= 0.3 is 12.3 Å². The van der Waals surface area contributed by atoms with Gasteiger partial charge in [0.1, 0.15) is 11.6 Å². The summed E-state index contributed by atoms with van der Waals surface area (Å²) >= 11 is 6.21. The lowest BCUT2D eigenvalue weighted by Crippen LogP contribution is -2.17. The standard InChI is InChI=1S/C22H17ClF3N3O3/c23-17-5-6-18(29-20(17)15-9-16(15)21(30)31)13-4-7-19(28-11-13)27-10-12-2-1-3-14(8-12)32-22(24,25)26/h1-8,11,15-16H,9-10H2,(H,27,28)(H,30,31)/t15-,16-/m0/s1. The largest absolute Gasteiger partial charge is 0.573 e. The third-order valence-corrected chi connectivity index (χ3v) is 5.32. The van der Waals surface area contributed by atoms with Crippen LogP contribution in [0.15, 0.2) is 54.7 Å². The van der Waals surface area contributed by atoms with Gasteiger partial charge in [-0.05, 0) is 48.4 Å². The Hall–Kier alpha value is -3.33. The summed E-state index contributed by atoms with van der Waals surface area (Å²) in [6.45, 7) is 0.253. The van der Waals surface area contributed by atoms with E-state index in [0.29, 0.717) is 34.2 Å². The highest BCUT2D eigenvalue weighted by Gasteiger charge is 2.46. The number of hydrogen-bond donors (Lipinski definition) is 2. The Morgan fingerprint density at radius 1 is 1.22 bits per heavy atom. The number of carboxylic acids is 1. The Kier molecular flexibility index (Phi) is 5.92. The van der Waals surface area contributed by atoms with Crippen molar-refractivity contribution >= 4 is 23.4 Å². The second-order valence-corrected chi connectivity index (χ2v) is 7.74. The van der Waals surface area contributed by atoms with E-state index in [1.807, 2.05) is 0 Å². The highest BCUT2D eigenvalue weighted by atomic mass is 35.5. The summed E-state index contributed by atoms with van der Waals surface area (Å²) in [6, 6.07) is 12.6. The summed E-state index contributed by atoms with van der Waals surface area (Å²) < 4.78 is 41.0. The van der Waals surface area contributed by atoms with Gasteiger partial charge in [0.2, 0.25) is 0 Å². The molecule has 0 amide bonds. The summed E-state index contributed by atoms with van der Waals surface area (Å²) in [4.78, 5) is 20.0. The highest BCUT2D eigenvalue weighted by Crippen LogP contribution is 2.49. The summed E-state index contributed by atoms with van der Waals surface area (Å²) in [5.41, 5.74) is 2.51. The van der Waals surface area contributed by atoms with E-state index >= 15 is 0 Å². The normalized spacial score (nSPS) is 17.6. The number of benzene rings is 1. The van der Waals surface area contributed by atoms with Gasteiger partial charge in [-0.1, -0.05) is 23.7 Å². The van der Waals surface area contributed by atoms with Crippen LogP contribution in [0, 0.1) is 5.92 Å². The van der Waals surface area contributed by atoms with Crippen LogP contribution in [0.25, 0.3) is 11.3 Å². The number of carboxylic acid groups (broad SMARTS) is 1. The number of nitrogens with zero attached hydrogens (tertiary/aromatic N) is 2. The van der Waals surface area contributed by atoms with Gasteiger partial charge in [-0.3, -0.25) is 9.78 Å². The van der Waals surface area contributed by atoms with Gasteiger partial charge in [-0.2, -0.15) is 0 Å². The van der Waals surface area contributed by atoms with Crippen molar-refractivity contribution in [2.45, 2.75) is 25.2 Å². The molecule has 2 N–H and O–H groups in total. The van der Waals surface area contributed by atoms with Crippen molar-refractivity contribution < 1.29 is 27.8 Å². The maximum atomic E-state index is 12.4. The number of halogens is 4. The summed E-state index contributed by atoms with van der Waals surface area (Å²) in [7, 11) is 0. The SMILES string of the molecule is O=C(O)[C@H]1C[C@@H]1c1nc(-c2ccc(NCc3cccc(OC(F)(F)F)c3)nc2)ccc1Cl. The minimum Gasteiger partial charge on any atom is -0.481 e. The van der Waals surface area contributed by atoms with Crippen molar-refractivity contribution in [2.24, 2.45) is 5.92 Å². The van der Waals surface area contributed by atoms with Crippen molar-refractivity contribution in [1.82, 2.24) is 9.97 Å². The molecule has 1 fully saturated rings. The average molecular weight is 464 g/mol. The molecule has 32 heavy (non-hydrogen) atoms. The molecule has 0 saturated heterocycles. The molecule has 2 atom stereocenters. The molecule has 0 spiro atoms. The highest BCUT2D eigenvalue weighted by molar-refractivity contribution is 6.31. The van der Waals surface area contributed by atoms with E-state index in [4.69, 9.17) is 16.7 Å². The number of aromatic nitrogens is 2. The number of anilines is 1. The molecule has 1 aromatic carbocycles. The van der Waals surface area contributed by atoms with Crippen LogP contribution < -0.4 is 10.1 Å². The molecule has 1 aliphatic rings. The lowest BCUT2D eigenvalue weighted by Gasteiger charge is -2.11. The average Bonchev–Trinajstić information content (AvgIpc) is 3.53.